The monoisotopic (exact) mass is 111 g/mol. The number of hydrogen-bond donors (Lipinski definition) is 0. The van der Waals surface area contributed by atoms with Gasteiger partial charge in [-0.25, -0.2) is 0 Å². The van der Waals surface area contributed by atoms with Gasteiger partial charge in [0.1, 0.15) is 0 Å². The van der Waals surface area contributed by atoms with Crippen molar-refractivity contribution < 1.29 is 4.68 Å². The molecule has 0 aliphatic carbocycles. The van der Waals surface area contributed by atoms with E-state index in [9.17, 15) is 0 Å². The highest BCUT2D eigenvalue weighted by Gasteiger charge is 1.94. The van der Waals surface area contributed by atoms with E-state index in [1.54, 1.807) is 25.0 Å². The molecule has 42 valence electrons. The summed E-state index contributed by atoms with van der Waals surface area (Å²) in [4.78, 5) is 3.87. The second-order valence-electron chi connectivity index (χ2n) is 1.55. The van der Waals surface area contributed by atoms with Crippen LogP contribution in [0.5, 0.6) is 0 Å². The van der Waals surface area contributed by atoms with Gasteiger partial charge in [0, 0.05) is 12.0 Å². The van der Waals surface area contributed by atoms with Crippen molar-refractivity contribution in [1.29, 1.82) is 0 Å². The van der Waals surface area contributed by atoms with Gasteiger partial charge >= 0.3 is 0 Å². The van der Waals surface area contributed by atoms with E-state index in [0.717, 1.165) is 0 Å². The van der Waals surface area contributed by atoms with Crippen LogP contribution in [0.15, 0.2) is 6.33 Å². The zero-order valence-corrected chi connectivity index (χ0v) is 4.87. The summed E-state index contributed by atoms with van der Waals surface area (Å²) in [5, 5.41) is 7.36. The standard InChI is InChI=1S/C4H7N4/c1-4-5-3-8(2)7-6-4/h3H,1-2H3/q+1. The lowest BCUT2D eigenvalue weighted by molar-refractivity contribution is -0.739. The van der Waals surface area contributed by atoms with Gasteiger partial charge in [-0.15, -0.1) is 4.68 Å². The van der Waals surface area contributed by atoms with Gasteiger partial charge in [0.05, 0.1) is 12.3 Å². The van der Waals surface area contributed by atoms with Crippen LogP contribution in [0.4, 0.5) is 0 Å². The second-order valence-corrected chi connectivity index (χ2v) is 1.55. The summed E-state index contributed by atoms with van der Waals surface area (Å²) in [7, 11) is 1.78. The molecule has 0 amide bonds. The van der Waals surface area contributed by atoms with Gasteiger partial charge in [0.15, 0.2) is 0 Å². The Balaban J connectivity index is 3.03. The average molecular weight is 111 g/mol. The first-order chi connectivity index (χ1) is 3.79. The van der Waals surface area contributed by atoms with Gasteiger partial charge in [-0.05, 0) is 0 Å². The maximum Gasteiger partial charge on any atom is 0.298 e. The van der Waals surface area contributed by atoms with Crippen LogP contribution < -0.4 is 4.68 Å². The summed E-state index contributed by atoms with van der Waals surface area (Å²) in [5.41, 5.74) is 0. The normalized spacial score (nSPS) is 9.25. The van der Waals surface area contributed by atoms with Crippen molar-refractivity contribution in [1.82, 2.24) is 15.3 Å². The van der Waals surface area contributed by atoms with Crippen LogP contribution in [0.3, 0.4) is 0 Å². The summed E-state index contributed by atoms with van der Waals surface area (Å²) >= 11 is 0. The smallest absolute Gasteiger partial charge is 0.145 e. The highest BCUT2D eigenvalue weighted by molar-refractivity contribution is 4.65. The molecular weight excluding hydrogens is 104 g/mol. The van der Waals surface area contributed by atoms with E-state index >= 15 is 0 Å². The molecule has 1 aromatic rings. The molecule has 0 saturated heterocycles. The fourth-order valence-corrected chi connectivity index (χ4v) is 0.351. The molecule has 4 nitrogen and oxygen atoms in total. The maximum atomic E-state index is 3.87. The fraction of sp³-hybridized carbons (Fsp3) is 0.500. The molecule has 0 aromatic carbocycles. The minimum absolute atomic E-state index is 0.697. The number of hydrogen-bond acceptors (Lipinski definition) is 3. The Bertz CT molecular complexity index is 147. The third-order valence-electron chi connectivity index (χ3n) is 0.742. The Morgan fingerprint density at radius 3 is 2.75 bits per heavy atom. The quantitative estimate of drug-likeness (QED) is 0.403. The van der Waals surface area contributed by atoms with Crippen LogP contribution in [0.1, 0.15) is 5.82 Å². The molecule has 1 heterocycles. The minimum Gasteiger partial charge on any atom is -0.145 e. The lowest BCUT2D eigenvalue weighted by Gasteiger charge is -1.79. The predicted octanol–water partition coefficient (Wildman–Crippen LogP) is -0.995. The number of rotatable bonds is 0. The zero-order valence-electron chi connectivity index (χ0n) is 4.87. The third kappa shape index (κ3) is 0.959. The Morgan fingerprint density at radius 1 is 1.62 bits per heavy atom. The van der Waals surface area contributed by atoms with Crippen molar-refractivity contribution in [3.05, 3.63) is 12.2 Å². The predicted molar refractivity (Wildman–Crippen MR) is 25.7 cm³/mol. The van der Waals surface area contributed by atoms with E-state index in [4.69, 9.17) is 0 Å². The lowest BCUT2D eigenvalue weighted by Crippen LogP contribution is -2.34. The lowest BCUT2D eigenvalue weighted by atomic mass is 10.7. The first-order valence-electron chi connectivity index (χ1n) is 2.31. The van der Waals surface area contributed by atoms with Gasteiger partial charge < -0.3 is 0 Å². The summed E-state index contributed by atoms with van der Waals surface area (Å²) in [6, 6.07) is 0. The molecule has 8 heavy (non-hydrogen) atoms. The summed E-state index contributed by atoms with van der Waals surface area (Å²) in [6.45, 7) is 1.80. The molecule has 0 aliphatic heterocycles. The van der Waals surface area contributed by atoms with Crippen molar-refractivity contribution in [2.45, 2.75) is 6.92 Å². The largest absolute Gasteiger partial charge is 0.298 e. The van der Waals surface area contributed by atoms with Crippen molar-refractivity contribution >= 4 is 0 Å². The maximum absolute atomic E-state index is 3.87. The topological polar surface area (TPSA) is 42.5 Å². The molecule has 0 radical (unpaired) electrons. The Kier molecular flexibility index (Phi) is 1.15. The highest BCUT2D eigenvalue weighted by atomic mass is 15.4. The van der Waals surface area contributed by atoms with Gasteiger partial charge in [-0.3, -0.25) is 0 Å². The van der Waals surface area contributed by atoms with E-state index in [2.05, 4.69) is 15.3 Å². The molecule has 0 aliphatic rings. The molecular formula is C4H7N4+. The first kappa shape index (κ1) is 5.08. The number of aromatic nitrogens is 4. The van der Waals surface area contributed by atoms with Gasteiger partial charge in [0.2, 0.25) is 6.33 Å². The van der Waals surface area contributed by atoms with Crippen molar-refractivity contribution in [3.8, 4) is 0 Å². The van der Waals surface area contributed by atoms with Crippen LogP contribution in [0.25, 0.3) is 0 Å². The van der Waals surface area contributed by atoms with E-state index in [1.807, 2.05) is 0 Å². The van der Waals surface area contributed by atoms with Crippen LogP contribution in [0, 0.1) is 6.92 Å². The molecule has 0 atom stereocenters. The first-order valence-corrected chi connectivity index (χ1v) is 2.31. The van der Waals surface area contributed by atoms with Crippen molar-refractivity contribution in [3.63, 3.8) is 0 Å². The Hall–Kier alpha value is -1.06. The molecule has 1 aromatic heterocycles. The molecule has 0 spiro atoms. The Labute approximate surface area is 47.2 Å². The van der Waals surface area contributed by atoms with Crippen LogP contribution >= 0.6 is 0 Å². The fourth-order valence-electron chi connectivity index (χ4n) is 0.351. The van der Waals surface area contributed by atoms with E-state index < -0.39 is 0 Å². The summed E-state index contributed by atoms with van der Waals surface area (Å²) < 4.78 is 1.55. The van der Waals surface area contributed by atoms with Gasteiger partial charge in [0.25, 0.3) is 5.82 Å². The number of nitrogens with zero attached hydrogens (tertiary/aromatic N) is 4. The molecule has 4 heteroatoms. The minimum atomic E-state index is 0.697. The molecule has 1 rings (SSSR count). The number of aryl methyl sites for hydroxylation is 2. The SMILES string of the molecule is Cc1nc[n+](C)nn1. The zero-order chi connectivity index (χ0) is 5.98. The summed E-state index contributed by atoms with van der Waals surface area (Å²) in [6.07, 6.45) is 1.61. The molecule has 0 unspecified atom stereocenters. The van der Waals surface area contributed by atoms with E-state index in [-0.39, 0.29) is 0 Å². The molecule has 0 bridgehead atoms. The van der Waals surface area contributed by atoms with Gasteiger partial charge in [-0.2, -0.15) is 0 Å². The van der Waals surface area contributed by atoms with E-state index in [0.29, 0.717) is 5.82 Å². The van der Waals surface area contributed by atoms with Crippen LogP contribution in [-0.4, -0.2) is 15.3 Å². The molecule has 0 fully saturated rings. The van der Waals surface area contributed by atoms with Crippen LogP contribution in [-0.2, 0) is 7.05 Å². The van der Waals surface area contributed by atoms with Crippen molar-refractivity contribution in [2.24, 2.45) is 7.05 Å². The van der Waals surface area contributed by atoms with E-state index in [1.165, 1.54) is 0 Å². The summed E-state index contributed by atoms with van der Waals surface area (Å²) in [5.74, 6) is 0.697. The van der Waals surface area contributed by atoms with Crippen LogP contribution in [0.2, 0.25) is 0 Å². The average Bonchev–Trinajstić information content (AvgIpc) is 1.77. The van der Waals surface area contributed by atoms with Crippen molar-refractivity contribution in [2.75, 3.05) is 0 Å². The molecule has 0 saturated carbocycles. The third-order valence-corrected chi connectivity index (χ3v) is 0.742. The Morgan fingerprint density at radius 2 is 2.38 bits per heavy atom. The molecule has 0 N–H and O–H groups in total. The van der Waals surface area contributed by atoms with Gasteiger partial charge in [-0.1, -0.05) is 4.98 Å². The highest BCUT2D eigenvalue weighted by Crippen LogP contribution is 1.69. The second kappa shape index (κ2) is 1.81.